The zero-order valence-electron chi connectivity index (χ0n) is 15.8. The van der Waals surface area contributed by atoms with Gasteiger partial charge < -0.3 is 10.4 Å². The summed E-state index contributed by atoms with van der Waals surface area (Å²) in [6, 6.07) is 4.64. The van der Waals surface area contributed by atoms with Gasteiger partial charge >= 0.3 is 12.1 Å². The van der Waals surface area contributed by atoms with E-state index >= 15 is 0 Å². The van der Waals surface area contributed by atoms with Crippen molar-refractivity contribution in [1.29, 1.82) is 0 Å². The summed E-state index contributed by atoms with van der Waals surface area (Å²) >= 11 is 0. The second kappa shape index (κ2) is 8.04. The van der Waals surface area contributed by atoms with Crippen LogP contribution in [0.3, 0.4) is 0 Å². The maximum Gasteiger partial charge on any atom is 0.416 e. The summed E-state index contributed by atoms with van der Waals surface area (Å²) in [7, 11) is 0. The maximum absolute atomic E-state index is 12.9. The Labute approximate surface area is 160 Å². The molecule has 0 spiro atoms. The molecule has 0 bridgehead atoms. The zero-order valence-corrected chi connectivity index (χ0v) is 15.8. The molecule has 0 aliphatic rings. The lowest BCUT2D eigenvalue weighted by Gasteiger charge is -2.31. The highest BCUT2D eigenvalue weighted by molar-refractivity contribution is 5.96. The van der Waals surface area contributed by atoms with Gasteiger partial charge in [-0.25, -0.2) is 4.68 Å². The van der Waals surface area contributed by atoms with Gasteiger partial charge in [-0.15, -0.1) is 0 Å². The predicted octanol–water partition coefficient (Wildman–Crippen LogP) is 3.96. The molecule has 0 fully saturated rings. The van der Waals surface area contributed by atoms with E-state index < -0.39 is 29.2 Å². The second-order valence-electron chi connectivity index (χ2n) is 6.62. The fraction of sp³-hybridized carbons (Fsp3) is 0.421. The zero-order chi connectivity index (χ0) is 21.1. The average molecular weight is 397 g/mol. The summed E-state index contributed by atoms with van der Waals surface area (Å²) in [5, 5.41) is 15.9. The van der Waals surface area contributed by atoms with Gasteiger partial charge in [-0.2, -0.15) is 18.3 Å². The minimum absolute atomic E-state index is 0.175. The SMILES string of the molecule is CCC(CC)(CC(=O)O)NC(=O)c1cnn(-c2cccc(C(F)(F)F)c2)c1C. The van der Waals surface area contributed by atoms with Crippen molar-refractivity contribution in [2.24, 2.45) is 0 Å². The lowest BCUT2D eigenvalue weighted by atomic mass is 9.88. The number of aromatic nitrogens is 2. The van der Waals surface area contributed by atoms with E-state index in [-0.39, 0.29) is 17.7 Å². The highest BCUT2D eigenvalue weighted by Gasteiger charge is 2.33. The quantitative estimate of drug-likeness (QED) is 0.741. The monoisotopic (exact) mass is 397 g/mol. The van der Waals surface area contributed by atoms with Crippen molar-refractivity contribution >= 4 is 11.9 Å². The van der Waals surface area contributed by atoms with Gasteiger partial charge in [0.05, 0.1) is 40.7 Å². The molecule has 28 heavy (non-hydrogen) atoms. The van der Waals surface area contributed by atoms with Crippen LogP contribution < -0.4 is 5.32 Å². The molecule has 6 nitrogen and oxygen atoms in total. The van der Waals surface area contributed by atoms with E-state index in [9.17, 15) is 22.8 Å². The molecule has 0 radical (unpaired) electrons. The van der Waals surface area contributed by atoms with Crippen LogP contribution in [0.2, 0.25) is 0 Å². The van der Waals surface area contributed by atoms with Crippen LogP contribution in [-0.2, 0) is 11.0 Å². The Morgan fingerprint density at radius 3 is 2.39 bits per heavy atom. The summed E-state index contributed by atoms with van der Waals surface area (Å²) in [4.78, 5) is 23.9. The lowest BCUT2D eigenvalue weighted by Crippen LogP contribution is -2.49. The number of benzene rings is 1. The Kier molecular flexibility index (Phi) is 6.16. The molecule has 0 saturated carbocycles. The van der Waals surface area contributed by atoms with Crippen molar-refractivity contribution in [2.45, 2.75) is 51.7 Å². The van der Waals surface area contributed by atoms with Crippen LogP contribution in [-0.4, -0.2) is 32.3 Å². The van der Waals surface area contributed by atoms with Crippen molar-refractivity contribution in [3.63, 3.8) is 0 Å². The Bertz CT molecular complexity index is 871. The molecule has 0 atom stereocenters. The molecule has 1 aromatic heterocycles. The number of rotatable bonds is 7. The van der Waals surface area contributed by atoms with Crippen LogP contribution in [0, 0.1) is 6.92 Å². The number of hydrogen-bond donors (Lipinski definition) is 2. The first-order valence-electron chi connectivity index (χ1n) is 8.79. The number of aliphatic carboxylic acids is 1. The highest BCUT2D eigenvalue weighted by atomic mass is 19.4. The molecule has 9 heteroatoms. The largest absolute Gasteiger partial charge is 0.481 e. The van der Waals surface area contributed by atoms with E-state index in [1.54, 1.807) is 20.8 Å². The van der Waals surface area contributed by atoms with Gasteiger partial charge in [0.2, 0.25) is 0 Å². The van der Waals surface area contributed by atoms with E-state index in [4.69, 9.17) is 5.11 Å². The molecular weight excluding hydrogens is 375 g/mol. The predicted molar refractivity (Wildman–Crippen MR) is 96.3 cm³/mol. The third-order valence-electron chi connectivity index (χ3n) is 4.89. The van der Waals surface area contributed by atoms with Gasteiger partial charge in [0.1, 0.15) is 0 Å². The number of nitrogens with one attached hydrogen (secondary N) is 1. The van der Waals surface area contributed by atoms with E-state index in [0.717, 1.165) is 12.1 Å². The smallest absolute Gasteiger partial charge is 0.416 e. The summed E-state index contributed by atoms with van der Waals surface area (Å²) in [6.45, 7) is 5.14. The molecule has 0 unspecified atom stereocenters. The molecule has 1 amide bonds. The summed E-state index contributed by atoms with van der Waals surface area (Å²) in [5.74, 6) is -1.54. The number of alkyl halides is 3. The summed E-state index contributed by atoms with van der Waals surface area (Å²) < 4.78 is 40.1. The number of nitrogens with zero attached hydrogens (tertiary/aromatic N) is 2. The first-order chi connectivity index (χ1) is 13.0. The van der Waals surface area contributed by atoms with Gasteiger partial charge in [0.25, 0.3) is 5.91 Å². The first kappa shape index (κ1) is 21.5. The van der Waals surface area contributed by atoms with E-state index in [1.807, 2.05) is 0 Å². The fourth-order valence-corrected chi connectivity index (χ4v) is 3.03. The molecule has 0 aliphatic heterocycles. The molecule has 2 rings (SSSR count). The Hall–Kier alpha value is -2.84. The van der Waals surface area contributed by atoms with Gasteiger partial charge in [-0.1, -0.05) is 19.9 Å². The number of carboxylic acid groups (broad SMARTS) is 1. The van der Waals surface area contributed by atoms with Crippen LogP contribution in [0.1, 0.15) is 54.7 Å². The van der Waals surface area contributed by atoms with E-state index in [0.29, 0.717) is 18.5 Å². The van der Waals surface area contributed by atoms with Crippen LogP contribution >= 0.6 is 0 Å². The maximum atomic E-state index is 12.9. The number of carboxylic acids is 1. The van der Waals surface area contributed by atoms with Gasteiger partial charge in [0, 0.05) is 0 Å². The van der Waals surface area contributed by atoms with Crippen molar-refractivity contribution in [3.8, 4) is 5.69 Å². The third kappa shape index (κ3) is 4.52. The van der Waals surface area contributed by atoms with Gasteiger partial charge in [-0.3, -0.25) is 9.59 Å². The number of hydrogen-bond acceptors (Lipinski definition) is 3. The minimum Gasteiger partial charge on any atom is -0.481 e. The van der Waals surface area contributed by atoms with Crippen molar-refractivity contribution < 1.29 is 27.9 Å². The molecule has 2 aromatic rings. The third-order valence-corrected chi connectivity index (χ3v) is 4.89. The molecule has 1 aromatic carbocycles. The first-order valence-corrected chi connectivity index (χ1v) is 8.79. The van der Waals surface area contributed by atoms with Crippen molar-refractivity contribution in [1.82, 2.24) is 15.1 Å². The standard InChI is InChI=1S/C19H22F3N3O3/c1-4-18(5-2,10-16(26)27)24-17(28)15-11-23-25(12(15)3)14-8-6-7-13(9-14)19(20,21)22/h6-9,11H,4-5,10H2,1-3H3,(H,24,28)(H,26,27). The van der Waals surface area contributed by atoms with E-state index in [1.165, 1.54) is 23.0 Å². The molecular formula is C19H22F3N3O3. The minimum atomic E-state index is -4.49. The highest BCUT2D eigenvalue weighted by Crippen LogP contribution is 2.30. The average Bonchev–Trinajstić information content (AvgIpc) is 3.01. The van der Waals surface area contributed by atoms with Crippen LogP contribution in [0.25, 0.3) is 5.69 Å². The summed E-state index contributed by atoms with van der Waals surface area (Å²) in [6.07, 6.45) is -2.62. The van der Waals surface area contributed by atoms with Crippen LogP contribution in [0.5, 0.6) is 0 Å². The molecule has 0 saturated heterocycles. The molecule has 152 valence electrons. The Morgan fingerprint density at radius 2 is 1.86 bits per heavy atom. The lowest BCUT2D eigenvalue weighted by molar-refractivity contribution is -0.139. The van der Waals surface area contributed by atoms with Crippen molar-refractivity contribution in [2.75, 3.05) is 0 Å². The van der Waals surface area contributed by atoms with Gasteiger partial charge in [0.15, 0.2) is 0 Å². The number of carbonyl (C=O) groups is 2. The molecule has 0 aliphatic carbocycles. The Morgan fingerprint density at radius 1 is 1.21 bits per heavy atom. The second-order valence-corrected chi connectivity index (χ2v) is 6.62. The summed E-state index contributed by atoms with van der Waals surface area (Å²) in [5.41, 5.74) is -1.02. The molecule has 2 N–H and O–H groups in total. The van der Waals surface area contributed by atoms with Gasteiger partial charge in [-0.05, 0) is 38.0 Å². The Balaban J connectivity index is 2.34. The normalized spacial score (nSPS) is 12.1. The van der Waals surface area contributed by atoms with Crippen molar-refractivity contribution in [3.05, 3.63) is 47.3 Å². The number of halogens is 3. The van der Waals surface area contributed by atoms with Crippen LogP contribution in [0.4, 0.5) is 13.2 Å². The fourth-order valence-electron chi connectivity index (χ4n) is 3.03. The number of amides is 1. The van der Waals surface area contributed by atoms with E-state index in [2.05, 4.69) is 10.4 Å². The topological polar surface area (TPSA) is 84.2 Å². The number of carbonyl (C=O) groups excluding carboxylic acids is 1. The molecule has 1 heterocycles. The van der Waals surface area contributed by atoms with Crippen LogP contribution in [0.15, 0.2) is 30.5 Å².